The minimum absolute atomic E-state index is 0.318. The van der Waals surface area contributed by atoms with Crippen LogP contribution in [0.2, 0.25) is 0 Å². The van der Waals surface area contributed by atoms with Crippen molar-refractivity contribution in [2.24, 2.45) is 0 Å². The molecule has 0 aliphatic carbocycles. The average molecular weight is 416 g/mol. The molecule has 0 spiro atoms. The summed E-state index contributed by atoms with van der Waals surface area (Å²) in [6.07, 6.45) is 0. The number of anilines is 2. The molecule has 0 saturated carbocycles. The van der Waals surface area contributed by atoms with Gasteiger partial charge in [-0.2, -0.15) is 0 Å². The molecule has 2 N–H and O–H groups in total. The summed E-state index contributed by atoms with van der Waals surface area (Å²) in [5.41, 5.74) is 2.00. The Bertz CT molecular complexity index is 1360. The standard InChI is InChI=1S/C28H20N2O2/c31-27(29-23-15-13-19-7-1-3-9-21(19)17-23)25-11-5-6-12-26(25)28(32)30-24-16-14-20-8-2-4-10-22(20)18-24/h1-18H,(H,29,31)(H,30,32). The van der Waals surface area contributed by atoms with Crippen molar-refractivity contribution < 1.29 is 9.59 Å². The number of benzene rings is 5. The molecule has 0 bridgehead atoms. The summed E-state index contributed by atoms with van der Waals surface area (Å²) in [4.78, 5) is 26.0. The van der Waals surface area contributed by atoms with Crippen molar-refractivity contribution in [3.63, 3.8) is 0 Å². The molecule has 5 rings (SSSR count). The van der Waals surface area contributed by atoms with Crippen LogP contribution in [0.1, 0.15) is 20.7 Å². The Morgan fingerprint density at radius 1 is 0.438 bits per heavy atom. The lowest BCUT2D eigenvalue weighted by atomic mass is 10.0. The Kier molecular flexibility index (Phi) is 5.10. The zero-order valence-electron chi connectivity index (χ0n) is 17.2. The van der Waals surface area contributed by atoms with E-state index in [4.69, 9.17) is 0 Å². The van der Waals surface area contributed by atoms with Crippen molar-refractivity contribution in [1.29, 1.82) is 0 Å². The first-order chi connectivity index (χ1) is 15.7. The van der Waals surface area contributed by atoms with Gasteiger partial charge in [0.05, 0.1) is 11.1 Å². The van der Waals surface area contributed by atoms with Gasteiger partial charge in [0.1, 0.15) is 0 Å². The van der Waals surface area contributed by atoms with Gasteiger partial charge in [0.2, 0.25) is 0 Å². The third-order valence-electron chi connectivity index (χ3n) is 5.43. The topological polar surface area (TPSA) is 58.2 Å². The van der Waals surface area contributed by atoms with Crippen LogP contribution in [0.25, 0.3) is 21.5 Å². The van der Waals surface area contributed by atoms with Crippen LogP contribution in [-0.4, -0.2) is 11.8 Å². The second-order valence-electron chi connectivity index (χ2n) is 7.58. The normalized spacial score (nSPS) is 10.8. The zero-order valence-corrected chi connectivity index (χ0v) is 17.2. The molecule has 5 aromatic carbocycles. The van der Waals surface area contributed by atoms with Crippen LogP contribution in [0.5, 0.6) is 0 Å². The highest BCUT2D eigenvalue weighted by Crippen LogP contribution is 2.22. The van der Waals surface area contributed by atoms with Crippen LogP contribution in [0.3, 0.4) is 0 Å². The largest absolute Gasteiger partial charge is 0.322 e. The lowest BCUT2D eigenvalue weighted by Gasteiger charge is -2.12. The highest BCUT2D eigenvalue weighted by molar-refractivity contribution is 6.15. The molecule has 0 unspecified atom stereocenters. The number of rotatable bonds is 4. The van der Waals surface area contributed by atoms with Crippen LogP contribution in [0.4, 0.5) is 11.4 Å². The molecular formula is C28H20N2O2. The fourth-order valence-corrected chi connectivity index (χ4v) is 3.81. The second-order valence-corrected chi connectivity index (χ2v) is 7.58. The molecule has 0 fully saturated rings. The lowest BCUT2D eigenvalue weighted by Crippen LogP contribution is -2.20. The molecule has 0 aliphatic rings. The first kappa shape index (κ1) is 19.5. The van der Waals surface area contributed by atoms with E-state index in [0.717, 1.165) is 21.5 Å². The number of amides is 2. The third kappa shape index (κ3) is 3.94. The van der Waals surface area contributed by atoms with Crippen molar-refractivity contribution in [3.8, 4) is 0 Å². The molecular weight excluding hydrogens is 396 g/mol. The number of fused-ring (bicyclic) bond motifs is 2. The van der Waals surface area contributed by atoms with Gasteiger partial charge in [-0.05, 0) is 57.9 Å². The Labute approximate surface area is 185 Å². The van der Waals surface area contributed by atoms with Crippen LogP contribution in [0.15, 0.2) is 109 Å². The van der Waals surface area contributed by atoms with Gasteiger partial charge in [0.15, 0.2) is 0 Å². The van der Waals surface area contributed by atoms with Crippen molar-refractivity contribution in [3.05, 3.63) is 120 Å². The van der Waals surface area contributed by atoms with Gasteiger partial charge in [0.25, 0.3) is 11.8 Å². The van der Waals surface area contributed by atoms with E-state index in [1.807, 2.05) is 84.9 Å². The highest BCUT2D eigenvalue weighted by Gasteiger charge is 2.17. The SMILES string of the molecule is O=C(Nc1ccc2ccccc2c1)c1ccccc1C(=O)Nc1ccc2ccccc2c1. The monoisotopic (exact) mass is 416 g/mol. The maximum atomic E-state index is 13.0. The maximum Gasteiger partial charge on any atom is 0.256 e. The minimum atomic E-state index is -0.329. The number of hydrogen-bond acceptors (Lipinski definition) is 2. The molecule has 4 nitrogen and oxygen atoms in total. The Balaban J connectivity index is 1.39. The summed E-state index contributed by atoms with van der Waals surface area (Å²) in [6, 6.07) is 34.2. The van der Waals surface area contributed by atoms with Crippen molar-refractivity contribution in [2.45, 2.75) is 0 Å². The summed E-state index contributed by atoms with van der Waals surface area (Å²) < 4.78 is 0. The van der Waals surface area contributed by atoms with E-state index in [0.29, 0.717) is 22.5 Å². The van der Waals surface area contributed by atoms with Gasteiger partial charge in [-0.3, -0.25) is 9.59 Å². The van der Waals surface area contributed by atoms with Gasteiger partial charge in [-0.25, -0.2) is 0 Å². The van der Waals surface area contributed by atoms with Crippen LogP contribution in [0, 0.1) is 0 Å². The number of nitrogens with one attached hydrogen (secondary N) is 2. The summed E-state index contributed by atoms with van der Waals surface area (Å²) in [6.45, 7) is 0. The molecule has 154 valence electrons. The smallest absolute Gasteiger partial charge is 0.256 e. The van der Waals surface area contributed by atoms with Crippen LogP contribution in [-0.2, 0) is 0 Å². The molecule has 0 radical (unpaired) electrons. The highest BCUT2D eigenvalue weighted by atomic mass is 16.2. The molecule has 32 heavy (non-hydrogen) atoms. The molecule has 0 heterocycles. The first-order valence-corrected chi connectivity index (χ1v) is 10.4. The van der Waals surface area contributed by atoms with Gasteiger partial charge < -0.3 is 10.6 Å². The average Bonchev–Trinajstić information content (AvgIpc) is 2.84. The Hall–Kier alpha value is -4.44. The Morgan fingerprint density at radius 2 is 0.812 bits per heavy atom. The summed E-state index contributed by atoms with van der Waals surface area (Å²) in [7, 11) is 0. The molecule has 2 amide bonds. The predicted molar refractivity (Wildman–Crippen MR) is 130 cm³/mol. The van der Waals surface area contributed by atoms with E-state index >= 15 is 0 Å². The van der Waals surface area contributed by atoms with Crippen molar-refractivity contribution >= 4 is 44.7 Å². The fraction of sp³-hybridized carbons (Fsp3) is 0. The van der Waals surface area contributed by atoms with E-state index in [1.54, 1.807) is 24.3 Å². The number of carbonyl (C=O) groups is 2. The summed E-state index contributed by atoms with van der Waals surface area (Å²) in [5, 5.41) is 10.1. The van der Waals surface area contributed by atoms with Crippen LogP contribution < -0.4 is 10.6 Å². The quantitative estimate of drug-likeness (QED) is 0.351. The molecule has 0 atom stereocenters. The molecule has 5 aromatic rings. The van der Waals surface area contributed by atoms with Gasteiger partial charge in [0, 0.05) is 11.4 Å². The van der Waals surface area contributed by atoms with E-state index in [9.17, 15) is 9.59 Å². The first-order valence-electron chi connectivity index (χ1n) is 10.4. The molecule has 4 heteroatoms. The number of carbonyl (C=O) groups excluding carboxylic acids is 2. The van der Waals surface area contributed by atoms with E-state index in [2.05, 4.69) is 10.6 Å². The minimum Gasteiger partial charge on any atom is -0.322 e. The van der Waals surface area contributed by atoms with E-state index in [-0.39, 0.29) is 11.8 Å². The molecule has 0 aromatic heterocycles. The summed E-state index contributed by atoms with van der Waals surface area (Å²) in [5.74, 6) is -0.658. The second kappa shape index (κ2) is 8.36. The van der Waals surface area contributed by atoms with Gasteiger partial charge in [-0.15, -0.1) is 0 Å². The fourth-order valence-electron chi connectivity index (χ4n) is 3.81. The van der Waals surface area contributed by atoms with E-state index in [1.165, 1.54) is 0 Å². The number of hydrogen-bond donors (Lipinski definition) is 2. The predicted octanol–water partition coefficient (Wildman–Crippen LogP) is 6.50. The van der Waals surface area contributed by atoms with Crippen molar-refractivity contribution in [1.82, 2.24) is 0 Å². The molecule has 0 saturated heterocycles. The zero-order chi connectivity index (χ0) is 21.9. The third-order valence-corrected chi connectivity index (χ3v) is 5.43. The lowest BCUT2D eigenvalue weighted by molar-refractivity contribution is 0.0990. The van der Waals surface area contributed by atoms with Gasteiger partial charge in [-0.1, -0.05) is 72.8 Å². The molecule has 0 aliphatic heterocycles. The van der Waals surface area contributed by atoms with Crippen molar-refractivity contribution in [2.75, 3.05) is 10.6 Å². The Morgan fingerprint density at radius 3 is 1.25 bits per heavy atom. The summed E-state index contributed by atoms with van der Waals surface area (Å²) >= 11 is 0. The maximum absolute atomic E-state index is 13.0. The van der Waals surface area contributed by atoms with Crippen LogP contribution >= 0.6 is 0 Å². The van der Waals surface area contributed by atoms with Gasteiger partial charge >= 0.3 is 0 Å². The van der Waals surface area contributed by atoms with E-state index < -0.39 is 0 Å².